The van der Waals surface area contributed by atoms with Gasteiger partial charge in [-0.05, 0) is 43.2 Å². The van der Waals surface area contributed by atoms with Gasteiger partial charge >= 0.3 is 0 Å². The third-order valence-electron chi connectivity index (χ3n) is 3.79. The summed E-state index contributed by atoms with van der Waals surface area (Å²) in [6.07, 6.45) is 4.33. The number of nitrogens with one attached hydrogen (secondary N) is 1. The number of benzene rings is 1. The van der Waals surface area contributed by atoms with Gasteiger partial charge in [-0.3, -0.25) is 0 Å². The number of piperidine rings is 1. The van der Waals surface area contributed by atoms with Crippen LogP contribution in [-0.4, -0.2) is 30.8 Å². The van der Waals surface area contributed by atoms with Crippen LogP contribution in [0.25, 0.3) is 0 Å². The Hall–Kier alpha value is -1.63. The summed E-state index contributed by atoms with van der Waals surface area (Å²) < 4.78 is 26.6. The second-order valence-corrected chi connectivity index (χ2v) is 7.85. The molecule has 0 atom stereocenters. The van der Waals surface area contributed by atoms with Gasteiger partial charge in [-0.1, -0.05) is 24.1 Å². The molecule has 0 unspecified atom stereocenters. The van der Waals surface area contributed by atoms with E-state index in [1.165, 1.54) is 10.5 Å². The zero-order valence-electron chi connectivity index (χ0n) is 12.6. The quantitative estimate of drug-likeness (QED) is 0.913. The molecule has 0 bridgehead atoms. The maximum absolute atomic E-state index is 12.5. The standard InChI is InChI=1S/C16H18ClN3O2S/c17-13-5-4-6-14(11-13)19-16-8-7-15(12-18-16)23(21,22)20-9-2-1-3-10-20/h4-8,11-12H,1-3,9-10H2,(H,18,19). The summed E-state index contributed by atoms with van der Waals surface area (Å²) in [6.45, 7) is 1.18. The molecule has 3 rings (SSSR count). The molecule has 0 radical (unpaired) electrons. The van der Waals surface area contributed by atoms with E-state index < -0.39 is 10.0 Å². The molecule has 1 N–H and O–H groups in total. The maximum Gasteiger partial charge on any atom is 0.244 e. The third-order valence-corrected chi connectivity index (χ3v) is 5.90. The molecule has 2 aromatic rings. The second-order valence-electron chi connectivity index (χ2n) is 5.48. The van der Waals surface area contributed by atoms with Gasteiger partial charge in [-0.25, -0.2) is 13.4 Å². The fraction of sp³-hybridized carbons (Fsp3) is 0.312. The highest BCUT2D eigenvalue weighted by Crippen LogP contribution is 2.22. The molecule has 1 aromatic carbocycles. The van der Waals surface area contributed by atoms with Crippen LogP contribution in [0, 0.1) is 0 Å². The zero-order valence-corrected chi connectivity index (χ0v) is 14.1. The lowest BCUT2D eigenvalue weighted by Crippen LogP contribution is -2.35. The minimum atomic E-state index is -3.44. The van der Waals surface area contributed by atoms with Crippen molar-refractivity contribution >= 4 is 33.1 Å². The Bertz CT molecular complexity index is 772. The number of pyridine rings is 1. The van der Waals surface area contributed by atoms with Gasteiger partial charge < -0.3 is 5.32 Å². The lowest BCUT2D eigenvalue weighted by Gasteiger charge is -2.25. The molecule has 1 saturated heterocycles. The van der Waals surface area contributed by atoms with E-state index in [1.807, 2.05) is 12.1 Å². The number of nitrogens with zero attached hydrogens (tertiary/aromatic N) is 2. The van der Waals surface area contributed by atoms with E-state index in [9.17, 15) is 8.42 Å². The molecular formula is C16H18ClN3O2S. The molecule has 1 aromatic heterocycles. The molecular weight excluding hydrogens is 334 g/mol. The van der Waals surface area contributed by atoms with E-state index in [4.69, 9.17) is 11.6 Å². The fourth-order valence-corrected chi connectivity index (χ4v) is 4.23. The first-order valence-corrected chi connectivity index (χ1v) is 9.36. The van der Waals surface area contributed by atoms with Crippen molar-refractivity contribution in [3.05, 3.63) is 47.6 Å². The van der Waals surface area contributed by atoms with E-state index in [0.29, 0.717) is 23.9 Å². The summed E-state index contributed by atoms with van der Waals surface area (Å²) in [6, 6.07) is 10.5. The van der Waals surface area contributed by atoms with E-state index in [0.717, 1.165) is 24.9 Å². The molecule has 0 aliphatic carbocycles. The van der Waals surface area contributed by atoms with Crippen LogP contribution in [-0.2, 0) is 10.0 Å². The van der Waals surface area contributed by atoms with Gasteiger partial charge in [0, 0.05) is 30.0 Å². The van der Waals surface area contributed by atoms with Crippen LogP contribution in [0.4, 0.5) is 11.5 Å². The highest BCUT2D eigenvalue weighted by molar-refractivity contribution is 7.89. The Morgan fingerprint density at radius 1 is 1.09 bits per heavy atom. The van der Waals surface area contributed by atoms with Gasteiger partial charge in [0.2, 0.25) is 10.0 Å². The second kappa shape index (κ2) is 6.86. The number of rotatable bonds is 4. The predicted molar refractivity (Wildman–Crippen MR) is 91.6 cm³/mol. The number of halogens is 1. The van der Waals surface area contributed by atoms with Gasteiger partial charge in [0.05, 0.1) is 0 Å². The molecule has 1 fully saturated rings. The summed E-state index contributed by atoms with van der Waals surface area (Å²) >= 11 is 5.94. The zero-order chi connectivity index (χ0) is 16.3. The molecule has 0 saturated carbocycles. The van der Waals surface area contributed by atoms with Gasteiger partial charge in [-0.15, -0.1) is 0 Å². The first-order valence-electron chi connectivity index (χ1n) is 7.54. The van der Waals surface area contributed by atoms with Gasteiger partial charge in [0.25, 0.3) is 0 Å². The molecule has 1 aliphatic rings. The van der Waals surface area contributed by atoms with E-state index in [2.05, 4.69) is 10.3 Å². The van der Waals surface area contributed by atoms with E-state index in [-0.39, 0.29) is 4.90 Å². The first-order chi connectivity index (χ1) is 11.1. The van der Waals surface area contributed by atoms with Crippen LogP contribution >= 0.6 is 11.6 Å². The SMILES string of the molecule is O=S(=O)(c1ccc(Nc2cccc(Cl)c2)nc1)N1CCCCC1. The van der Waals surface area contributed by atoms with Crippen LogP contribution in [0.5, 0.6) is 0 Å². The Morgan fingerprint density at radius 2 is 1.87 bits per heavy atom. The molecule has 0 amide bonds. The van der Waals surface area contributed by atoms with Crippen LogP contribution in [0.2, 0.25) is 5.02 Å². The average molecular weight is 352 g/mol. The summed E-state index contributed by atoms with van der Waals surface area (Å²) in [4.78, 5) is 4.44. The smallest absolute Gasteiger partial charge is 0.244 e. The Labute approximate surface area is 141 Å². The van der Waals surface area contributed by atoms with Crippen molar-refractivity contribution in [1.82, 2.24) is 9.29 Å². The van der Waals surface area contributed by atoms with Gasteiger partial charge in [0.15, 0.2) is 0 Å². The average Bonchev–Trinajstić information content (AvgIpc) is 2.56. The lowest BCUT2D eigenvalue weighted by atomic mass is 10.2. The number of sulfonamides is 1. The van der Waals surface area contributed by atoms with E-state index in [1.54, 1.807) is 24.3 Å². The third kappa shape index (κ3) is 3.83. The highest BCUT2D eigenvalue weighted by atomic mass is 35.5. The minimum absolute atomic E-state index is 0.232. The summed E-state index contributed by atoms with van der Waals surface area (Å²) in [5, 5.41) is 3.72. The van der Waals surface area contributed by atoms with Crippen molar-refractivity contribution < 1.29 is 8.42 Å². The van der Waals surface area contributed by atoms with Crippen molar-refractivity contribution in [3.8, 4) is 0 Å². The molecule has 0 spiro atoms. The van der Waals surface area contributed by atoms with Crippen molar-refractivity contribution in [2.24, 2.45) is 0 Å². The van der Waals surface area contributed by atoms with Crippen LogP contribution in [0.3, 0.4) is 0 Å². The Balaban J connectivity index is 1.76. The number of aromatic nitrogens is 1. The number of hydrogen-bond donors (Lipinski definition) is 1. The summed E-state index contributed by atoms with van der Waals surface area (Å²) in [5.74, 6) is 0.574. The topological polar surface area (TPSA) is 62.3 Å². The van der Waals surface area contributed by atoms with Crippen molar-refractivity contribution in [1.29, 1.82) is 0 Å². The number of hydrogen-bond acceptors (Lipinski definition) is 4. The lowest BCUT2D eigenvalue weighted by molar-refractivity contribution is 0.346. The Kier molecular flexibility index (Phi) is 4.84. The van der Waals surface area contributed by atoms with Crippen molar-refractivity contribution in [2.45, 2.75) is 24.2 Å². The van der Waals surface area contributed by atoms with Crippen LogP contribution in [0.15, 0.2) is 47.5 Å². The Morgan fingerprint density at radius 3 is 2.52 bits per heavy atom. The monoisotopic (exact) mass is 351 g/mol. The van der Waals surface area contributed by atoms with Crippen molar-refractivity contribution in [2.75, 3.05) is 18.4 Å². The maximum atomic E-state index is 12.5. The predicted octanol–water partition coefficient (Wildman–Crippen LogP) is 3.65. The fourth-order valence-electron chi connectivity index (χ4n) is 2.58. The molecule has 2 heterocycles. The molecule has 5 nitrogen and oxygen atoms in total. The summed E-state index contributed by atoms with van der Waals surface area (Å²) in [7, 11) is -3.44. The highest BCUT2D eigenvalue weighted by Gasteiger charge is 2.26. The van der Waals surface area contributed by atoms with Crippen LogP contribution in [0.1, 0.15) is 19.3 Å². The van der Waals surface area contributed by atoms with Crippen LogP contribution < -0.4 is 5.32 Å². The molecule has 7 heteroatoms. The largest absolute Gasteiger partial charge is 0.340 e. The normalized spacial score (nSPS) is 16.2. The van der Waals surface area contributed by atoms with E-state index >= 15 is 0 Å². The van der Waals surface area contributed by atoms with Gasteiger partial charge in [-0.2, -0.15) is 4.31 Å². The van der Waals surface area contributed by atoms with Crippen molar-refractivity contribution in [3.63, 3.8) is 0 Å². The van der Waals surface area contributed by atoms with Gasteiger partial charge in [0.1, 0.15) is 10.7 Å². The molecule has 122 valence electrons. The first kappa shape index (κ1) is 16.2. The number of anilines is 2. The molecule has 23 heavy (non-hydrogen) atoms. The summed E-state index contributed by atoms with van der Waals surface area (Å²) in [5.41, 5.74) is 0.802. The molecule has 1 aliphatic heterocycles. The minimum Gasteiger partial charge on any atom is -0.340 e.